The summed E-state index contributed by atoms with van der Waals surface area (Å²) < 4.78 is 10.5. The van der Waals surface area contributed by atoms with Gasteiger partial charge in [-0.3, -0.25) is 5.41 Å². The van der Waals surface area contributed by atoms with Gasteiger partial charge in [0.2, 0.25) is 0 Å². The summed E-state index contributed by atoms with van der Waals surface area (Å²) in [5.41, 5.74) is 1.06. The molecule has 1 saturated heterocycles. The van der Waals surface area contributed by atoms with E-state index in [0.717, 1.165) is 5.56 Å². The first kappa shape index (κ1) is 15.5. The normalized spacial score (nSPS) is 21.3. The average Bonchev–Trinajstić information content (AvgIpc) is 2.92. The van der Waals surface area contributed by atoms with Gasteiger partial charge in [-0.15, -0.1) is 0 Å². The van der Waals surface area contributed by atoms with Crippen LogP contribution in [0.3, 0.4) is 0 Å². The molecule has 0 spiro atoms. The van der Waals surface area contributed by atoms with E-state index in [1.807, 2.05) is 37.3 Å². The van der Waals surface area contributed by atoms with Crippen molar-refractivity contribution in [2.75, 3.05) is 20.3 Å². The molecule has 0 aliphatic carbocycles. The van der Waals surface area contributed by atoms with E-state index in [1.54, 1.807) is 4.90 Å². The Bertz CT molecular complexity index is 490. The van der Waals surface area contributed by atoms with Crippen molar-refractivity contribution in [1.29, 1.82) is 5.41 Å². The van der Waals surface area contributed by atoms with E-state index in [4.69, 9.17) is 14.9 Å². The van der Waals surface area contributed by atoms with Crippen LogP contribution in [0.1, 0.15) is 18.9 Å². The Hall–Kier alpha value is -1.88. The van der Waals surface area contributed by atoms with Gasteiger partial charge in [0, 0.05) is 26.0 Å². The fourth-order valence-electron chi connectivity index (χ4n) is 2.70. The molecule has 1 aliphatic heterocycles. The zero-order chi connectivity index (χ0) is 15.2. The SMILES string of the molecule is CCOC1CC(C(=O)OC)N(C(=N)Cc2ccccc2)C1. The lowest BCUT2D eigenvalue weighted by Crippen LogP contribution is -2.41. The topological polar surface area (TPSA) is 62.6 Å². The molecule has 5 nitrogen and oxygen atoms in total. The summed E-state index contributed by atoms with van der Waals surface area (Å²) in [6, 6.07) is 9.41. The van der Waals surface area contributed by atoms with E-state index in [2.05, 4.69) is 0 Å². The van der Waals surface area contributed by atoms with Crippen LogP contribution >= 0.6 is 0 Å². The van der Waals surface area contributed by atoms with Gasteiger partial charge in [-0.2, -0.15) is 0 Å². The third-order valence-corrected chi connectivity index (χ3v) is 3.70. The highest BCUT2D eigenvalue weighted by atomic mass is 16.5. The number of likely N-dealkylation sites (tertiary alicyclic amines) is 1. The van der Waals surface area contributed by atoms with Crippen molar-refractivity contribution in [2.24, 2.45) is 0 Å². The molecule has 0 saturated carbocycles. The number of hydrogen-bond acceptors (Lipinski definition) is 4. The highest BCUT2D eigenvalue weighted by molar-refractivity contribution is 5.88. The van der Waals surface area contributed by atoms with Crippen molar-refractivity contribution in [2.45, 2.75) is 31.9 Å². The number of carbonyl (C=O) groups excluding carboxylic acids is 1. The van der Waals surface area contributed by atoms with Gasteiger partial charge < -0.3 is 14.4 Å². The van der Waals surface area contributed by atoms with Crippen molar-refractivity contribution in [3.63, 3.8) is 0 Å². The van der Waals surface area contributed by atoms with Gasteiger partial charge in [0.15, 0.2) is 0 Å². The van der Waals surface area contributed by atoms with Crippen molar-refractivity contribution in [3.05, 3.63) is 35.9 Å². The average molecular weight is 290 g/mol. The number of carbonyl (C=O) groups is 1. The molecule has 1 N–H and O–H groups in total. The molecule has 2 rings (SSSR count). The van der Waals surface area contributed by atoms with E-state index in [-0.39, 0.29) is 12.1 Å². The molecular weight excluding hydrogens is 268 g/mol. The number of rotatable bonds is 5. The van der Waals surface area contributed by atoms with Gasteiger partial charge in [0.05, 0.1) is 13.2 Å². The number of hydrogen-bond donors (Lipinski definition) is 1. The second-order valence-corrected chi connectivity index (χ2v) is 5.11. The van der Waals surface area contributed by atoms with Crippen LogP contribution in [-0.4, -0.2) is 49.1 Å². The third kappa shape index (κ3) is 3.82. The van der Waals surface area contributed by atoms with Gasteiger partial charge in [0.1, 0.15) is 11.9 Å². The quantitative estimate of drug-likeness (QED) is 0.511. The van der Waals surface area contributed by atoms with Crippen molar-refractivity contribution < 1.29 is 14.3 Å². The lowest BCUT2D eigenvalue weighted by atomic mass is 10.1. The largest absolute Gasteiger partial charge is 0.467 e. The van der Waals surface area contributed by atoms with E-state index in [0.29, 0.717) is 31.8 Å². The lowest BCUT2D eigenvalue weighted by Gasteiger charge is -2.25. The number of methoxy groups -OCH3 is 1. The fourth-order valence-corrected chi connectivity index (χ4v) is 2.70. The molecule has 114 valence electrons. The van der Waals surface area contributed by atoms with Gasteiger partial charge in [-0.25, -0.2) is 4.79 Å². The maximum absolute atomic E-state index is 11.9. The van der Waals surface area contributed by atoms with Gasteiger partial charge in [-0.05, 0) is 12.5 Å². The fraction of sp³-hybridized carbons (Fsp3) is 0.500. The smallest absolute Gasteiger partial charge is 0.328 e. The van der Waals surface area contributed by atoms with Gasteiger partial charge in [-0.1, -0.05) is 30.3 Å². The summed E-state index contributed by atoms with van der Waals surface area (Å²) in [4.78, 5) is 13.7. The summed E-state index contributed by atoms with van der Waals surface area (Å²) in [6.07, 6.45) is 1.07. The van der Waals surface area contributed by atoms with Crippen LogP contribution in [0.15, 0.2) is 30.3 Å². The number of nitrogens with one attached hydrogen (secondary N) is 1. The number of amidine groups is 1. The molecule has 5 heteroatoms. The molecule has 1 aromatic rings. The molecule has 21 heavy (non-hydrogen) atoms. The Kier molecular flexibility index (Phi) is 5.33. The number of esters is 1. The molecular formula is C16H22N2O3. The van der Waals surface area contributed by atoms with Crippen molar-refractivity contribution >= 4 is 11.8 Å². The molecule has 0 aromatic heterocycles. The Balaban J connectivity index is 2.07. The van der Waals surface area contributed by atoms with Crippen molar-refractivity contribution in [1.82, 2.24) is 4.90 Å². The highest BCUT2D eigenvalue weighted by Gasteiger charge is 2.39. The maximum Gasteiger partial charge on any atom is 0.328 e. The van der Waals surface area contributed by atoms with E-state index >= 15 is 0 Å². The molecule has 1 aliphatic rings. The van der Waals surface area contributed by atoms with E-state index < -0.39 is 6.04 Å². The van der Waals surface area contributed by atoms with Crippen LogP contribution in [0, 0.1) is 5.41 Å². The van der Waals surface area contributed by atoms with Crippen LogP contribution < -0.4 is 0 Å². The summed E-state index contributed by atoms with van der Waals surface area (Å²) in [7, 11) is 1.38. The number of ether oxygens (including phenoxy) is 2. The first-order valence-corrected chi connectivity index (χ1v) is 7.23. The second-order valence-electron chi connectivity index (χ2n) is 5.11. The molecule has 2 atom stereocenters. The predicted molar refractivity (Wildman–Crippen MR) is 80.4 cm³/mol. The summed E-state index contributed by atoms with van der Waals surface area (Å²) >= 11 is 0. The highest BCUT2D eigenvalue weighted by Crippen LogP contribution is 2.22. The molecule has 0 amide bonds. The number of nitrogens with zero attached hydrogens (tertiary/aromatic N) is 1. The molecule has 0 radical (unpaired) electrons. The van der Waals surface area contributed by atoms with E-state index in [9.17, 15) is 4.79 Å². The van der Waals surface area contributed by atoms with Crippen LogP contribution in [-0.2, 0) is 20.7 Å². The van der Waals surface area contributed by atoms with Crippen LogP contribution in [0.5, 0.6) is 0 Å². The van der Waals surface area contributed by atoms with Crippen LogP contribution in [0.25, 0.3) is 0 Å². The van der Waals surface area contributed by atoms with Crippen molar-refractivity contribution in [3.8, 4) is 0 Å². The molecule has 1 heterocycles. The van der Waals surface area contributed by atoms with Crippen LogP contribution in [0.2, 0.25) is 0 Å². The zero-order valence-corrected chi connectivity index (χ0v) is 12.5. The molecule has 1 aromatic carbocycles. The summed E-state index contributed by atoms with van der Waals surface area (Å²) in [5, 5.41) is 8.31. The Labute approximate surface area is 125 Å². The van der Waals surface area contributed by atoms with Gasteiger partial charge >= 0.3 is 5.97 Å². The Morgan fingerprint density at radius 1 is 1.38 bits per heavy atom. The zero-order valence-electron chi connectivity index (χ0n) is 12.5. The maximum atomic E-state index is 11.9. The molecule has 2 unspecified atom stereocenters. The monoisotopic (exact) mass is 290 g/mol. The summed E-state index contributed by atoms with van der Waals surface area (Å²) in [5.74, 6) is 0.133. The summed E-state index contributed by atoms with van der Waals surface area (Å²) in [6.45, 7) is 3.11. The minimum atomic E-state index is -0.414. The van der Waals surface area contributed by atoms with Crippen LogP contribution in [0.4, 0.5) is 0 Å². The first-order chi connectivity index (χ1) is 10.2. The molecule has 0 bridgehead atoms. The van der Waals surface area contributed by atoms with E-state index in [1.165, 1.54) is 7.11 Å². The Morgan fingerprint density at radius 3 is 2.71 bits per heavy atom. The molecule has 1 fully saturated rings. The lowest BCUT2D eigenvalue weighted by molar-refractivity contribution is -0.144. The number of benzene rings is 1. The standard InChI is InChI=1S/C16H22N2O3/c1-3-21-13-10-14(16(19)20-2)18(11-13)15(17)9-12-7-5-4-6-8-12/h4-8,13-14,17H,3,9-11H2,1-2H3. The predicted octanol–water partition coefficient (Wildman–Crippen LogP) is 1.86. The minimum Gasteiger partial charge on any atom is -0.467 e. The van der Waals surface area contributed by atoms with Gasteiger partial charge in [0.25, 0.3) is 0 Å². The minimum absolute atomic E-state index is 0.0183. The Morgan fingerprint density at radius 2 is 2.10 bits per heavy atom. The first-order valence-electron chi connectivity index (χ1n) is 7.23. The second kappa shape index (κ2) is 7.22. The third-order valence-electron chi connectivity index (χ3n) is 3.70.